The van der Waals surface area contributed by atoms with Crippen molar-refractivity contribution in [1.29, 1.82) is 0 Å². The summed E-state index contributed by atoms with van der Waals surface area (Å²) < 4.78 is 2.07. The number of pyridine rings is 1. The monoisotopic (exact) mass is 283 g/mol. The molecule has 0 amide bonds. The van der Waals surface area contributed by atoms with Gasteiger partial charge in [-0.05, 0) is 30.4 Å². The summed E-state index contributed by atoms with van der Waals surface area (Å²) in [6.07, 6.45) is 1.89. The second kappa shape index (κ2) is 5.29. The first kappa shape index (κ1) is 13.2. The highest BCUT2D eigenvalue weighted by Gasteiger charge is 2.13. The van der Waals surface area contributed by atoms with Crippen LogP contribution in [0.25, 0.3) is 22.6 Å². The minimum absolute atomic E-state index is 0.932. The van der Waals surface area contributed by atoms with Gasteiger partial charge in [-0.25, -0.2) is 9.97 Å². The van der Waals surface area contributed by atoms with Gasteiger partial charge in [-0.2, -0.15) is 0 Å². The maximum Gasteiger partial charge on any atom is 0.160 e. The number of aromatic nitrogens is 3. The van der Waals surface area contributed by atoms with Gasteiger partial charge in [-0.15, -0.1) is 11.8 Å². The first-order valence-electron chi connectivity index (χ1n) is 6.72. The Labute approximate surface area is 123 Å². The number of imidazole rings is 1. The Hall–Kier alpha value is -1.81. The van der Waals surface area contributed by atoms with E-state index in [4.69, 9.17) is 4.98 Å². The van der Waals surface area contributed by atoms with Gasteiger partial charge in [-0.1, -0.05) is 25.1 Å². The maximum absolute atomic E-state index is 4.77. The summed E-state index contributed by atoms with van der Waals surface area (Å²) in [4.78, 5) is 10.5. The summed E-state index contributed by atoms with van der Waals surface area (Å²) in [5, 5.41) is 0. The molecule has 0 bridgehead atoms. The number of nitrogens with zero attached hydrogens (tertiary/aromatic N) is 3. The molecule has 0 radical (unpaired) electrons. The van der Waals surface area contributed by atoms with Crippen LogP contribution in [0.4, 0.5) is 0 Å². The largest absolute Gasteiger partial charge is 0.312 e. The Balaban J connectivity index is 2.22. The van der Waals surface area contributed by atoms with E-state index in [9.17, 15) is 0 Å². The van der Waals surface area contributed by atoms with E-state index < -0.39 is 0 Å². The summed E-state index contributed by atoms with van der Waals surface area (Å²) in [5.74, 6) is 2.04. The Kier molecular flexibility index (Phi) is 3.49. The zero-order valence-corrected chi connectivity index (χ0v) is 12.7. The number of benzene rings is 1. The standard InChI is InChI=1S/C16H17N3S/c1-4-20-14-8-6-5-7-12(14)15-18-13-9-11(2)10-17-16(13)19(15)3/h5-10H,4H2,1-3H3. The Bertz CT molecular complexity index is 762. The molecular weight excluding hydrogens is 266 g/mol. The van der Waals surface area contributed by atoms with Gasteiger partial charge in [0.15, 0.2) is 5.65 Å². The van der Waals surface area contributed by atoms with E-state index in [2.05, 4.69) is 46.8 Å². The number of rotatable bonds is 3. The van der Waals surface area contributed by atoms with Crippen LogP contribution in [0.1, 0.15) is 12.5 Å². The molecular formula is C16H17N3S. The molecule has 0 fully saturated rings. The third-order valence-electron chi connectivity index (χ3n) is 3.27. The van der Waals surface area contributed by atoms with Crippen molar-refractivity contribution in [3.63, 3.8) is 0 Å². The lowest BCUT2D eigenvalue weighted by Gasteiger charge is -2.07. The molecule has 0 N–H and O–H groups in total. The van der Waals surface area contributed by atoms with E-state index in [1.807, 2.05) is 31.9 Å². The molecule has 102 valence electrons. The number of hydrogen-bond donors (Lipinski definition) is 0. The molecule has 3 rings (SSSR count). The lowest BCUT2D eigenvalue weighted by atomic mass is 10.2. The predicted molar refractivity (Wildman–Crippen MR) is 85.1 cm³/mol. The number of hydrogen-bond acceptors (Lipinski definition) is 3. The van der Waals surface area contributed by atoms with Crippen molar-refractivity contribution in [3.05, 3.63) is 42.1 Å². The molecule has 0 saturated carbocycles. The Morgan fingerprint density at radius 3 is 2.85 bits per heavy atom. The van der Waals surface area contributed by atoms with Gasteiger partial charge in [0.2, 0.25) is 0 Å². The third kappa shape index (κ3) is 2.20. The third-order valence-corrected chi connectivity index (χ3v) is 4.23. The minimum Gasteiger partial charge on any atom is -0.312 e. The van der Waals surface area contributed by atoms with Crippen LogP contribution >= 0.6 is 11.8 Å². The van der Waals surface area contributed by atoms with Crippen molar-refractivity contribution in [3.8, 4) is 11.4 Å². The van der Waals surface area contributed by atoms with Crippen LogP contribution in [-0.2, 0) is 7.05 Å². The van der Waals surface area contributed by atoms with E-state index in [0.717, 1.165) is 28.3 Å². The van der Waals surface area contributed by atoms with Gasteiger partial charge in [0.1, 0.15) is 11.3 Å². The molecule has 3 nitrogen and oxygen atoms in total. The topological polar surface area (TPSA) is 30.7 Å². The number of aryl methyl sites for hydroxylation is 2. The fraction of sp³-hybridized carbons (Fsp3) is 0.250. The molecule has 4 heteroatoms. The SMILES string of the molecule is CCSc1ccccc1-c1nc2cc(C)cnc2n1C. The molecule has 0 unspecified atom stereocenters. The van der Waals surface area contributed by atoms with Crippen LogP contribution in [-0.4, -0.2) is 20.3 Å². The molecule has 0 aliphatic carbocycles. The molecule has 0 atom stereocenters. The van der Waals surface area contributed by atoms with Crippen molar-refractivity contribution in [2.24, 2.45) is 7.05 Å². The Morgan fingerprint density at radius 2 is 2.05 bits per heavy atom. The normalized spacial score (nSPS) is 11.2. The first-order valence-corrected chi connectivity index (χ1v) is 7.70. The van der Waals surface area contributed by atoms with Gasteiger partial charge in [0.25, 0.3) is 0 Å². The molecule has 0 aliphatic heterocycles. The molecule has 2 heterocycles. The highest BCUT2D eigenvalue weighted by Crippen LogP contribution is 2.31. The first-order chi connectivity index (χ1) is 9.70. The van der Waals surface area contributed by atoms with E-state index in [1.165, 1.54) is 10.5 Å². The number of thioether (sulfide) groups is 1. The smallest absolute Gasteiger partial charge is 0.160 e. The van der Waals surface area contributed by atoms with Gasteiger partial charge in [-0.3, -0.25) is 0 Å². The van der Waals surface area contributed by atoms with Crippen LogP contribution in [0.3, 0.4) is 0 Å². The van der Waals surface area contributed by atoms with Crippen molar-refractivity contribution >= 4 is 22.9 Å². The second-order valence-corrected chi connectivity index (χ2v) is 6.08. The van der Waals surface area contributed by atoms with Crippen LogP contribution in [0.15, 0.2) is 41.4 Å². The lowest BCUT2D eigenvalue weighted by Crippen LogP contribution is -1.95. The van der Waals surface area contributed by atoms with Crippen molar-refractivity contribution in [1.82, 2.24) is 14.5 Å². The van der Waals surface area contributed by atoms with E-state index >= 15 is 0 Å². The van der Waals surface area contributed by atoms with Crippen LogP contribution < -0.4 is 0 Å². The minimum atomic E-state index is 0.932. The molecule has 2 aromatic heterocycles. The van der Waals surface area contributed by atoms with Gasteiger partial charge < -0.3 is 4.57 Å². The van der Waals surface area contributed by atoms with Gasteiger partial charge in [0.05, 0.1) is 0 Å². The van der Waals surface area contributed by atoms with Crippen molar-refractivity contribution in [2.75, 3.05) is 5.75 Å². The summed E-state index contributed by atoms with van der Waals surface area (Å²) in [6.45, 7) is 4.21. The summed E-state index contributed by atoms with van der Waals surface area (Å²) in [6, 6.07) is 10.5. The van der Waals surface area contributed by atoms with Crippen LogP contribution in [0.5, 0.6) is 0 Å². The average molecular weight is 283 g/mol. The lowest BCUT2D eigenvalue weighted by molar-refractivity contribution is 0.937. The van der Waals surface area contributed by atoms with Crippen LogP contribution in [0, 0.1) is 6.92 Å². The Morgan fingerprint density at radius 1 is 1.25 bits per heavy atom. The number of fused-ring (bicyclic) bond motifs is 1. The molecule has 0 aliphatic rings. The fourth-order valence-electron chi connectivity index (χ4n) is 2.35. The summed E-state index contributed by atoms with van der Waals surface area (Å²) in [5.41, 5.74) is 4.21. The van der Waals surface area contributed by atoms with E-state index in [0.29, 0.717) is 0 Å². The second-order valence-electron chi connectivity index (χ2n) is 4.78. The maximum atomic E-state index is 4.77. The van der Waals surface area contributed by atoms with E-state index in [1.54, 1.807) is 0 Å². The summed E-state index contributed by atoms with van der Waals surface area (Å²) in [7, 11) is 2.03. The summed E-state index contributed by atoms with van der Waals surface area (Å²) >= 11 is 1.84. The molecule has 3 aromatic rings. The van der Waals surface area contributed by atoms with Gasteiger partial charge in [0, 0.05) is 23.7 Å². The predicted octanol–water partition coefficient (Wildman–Crippen LogP) is 4.06. The van der Waals surface area contributed by atoms with E-state index in [-0.39, 0.29) is 0 Å². The van der Waals surface area contributed by atoms with Crippen molar-refractivity contribution in [2.45, 2.75) is 18.7 Å². The molecule has 20 heavy (non-hydrogen) atoms. The fourth-order valence-corrected chi connectivity index (χ4v) is 3.15. The van der Waals surface area contributed by atoms with Gasteiger partial charge >= 0.3 is 0 Å². The average Bonchev–Trinajstić information content (AvgIpc) is 2.76. The highest BCUT2D eigenvalue weighted by atomic mass is 32.2. The zero-order chi connectivity index (χ0) is 14.1. The molecule has 1 aromatic carbocycles. The van der Waals surface area contributed by atoms with Crippen molar-refractivity contribution < 1.29 is 0 Å². The molecule has 0 saturated heterocycles. The molecule has 0 spiro atoms. The highest BCUT2D eigenvalue weighted by molar-refractivity contribution is 7.99. The zero-order valence-electron chi connectivity index (χ0n) is 11.9. The quantitative estimate of drug-likeness (QED) is 0.679. The van der Waals surface area contributed by atoms with Crippen LogP contribution in [0.2, 0.25) is 0 Å².